The number of unbranched alkanes of at least 4 members (excludes halogenated alkanes) is 9. The van der Waals surface area contributed by atoms with Crippen LogP contribution in [0.5, 0.6) is 11.5 Å². The largest absolute Gasteiger partial charge is 0.456 e. The van der Waals surface area contributed by atoms with Crippen LogP contribution in [0.25, 0.3) is 0 Å². The van der Waals surface area contributed by atoms with Crippen molar-refractivity contribution in [2.45, 2.75) is 87.3 Å². The molecule has 0 aliphatic rings. The maximum absolute atomic E-state index is 11.9. The van der Waals surface area contributed by atoms with Gasteiger partial charge in [-0.05, 0) is 37.1 Å². The van der Waals surface area contributed by atoms with Crippen molar-refractivity contribution in [2.24, 2.45) is 0 Å². The molecule has 2 aromatic carbocycles. The lowest BCUT2D eigenvalue weighted by molar-refractivity contribution is 0.440. The maximum Gasteiger partial charge on any atom is 0.298 e. The summed E-state index contributed by atoms with van der Waals surface area (Å²) in [6.07, 6.45) is 11.6. The summed E-state index contributed by atoms with van der Waals surface area (Å²) in [5.74, 6) is -0.00559. The fraction of sp³-hybridized carbons (Fsp3) is 0.500. The molecule has 9 heteroatoms. The predicted octanol–water partition coefficient (Wildman–Crippen LogP) is 6.44. The van der Waals surface area contributed by atoms with E-state index in [4.69, 9.17) is 4.74 Å². The van der Waals surface area contributed by atoms with Crippen molar-refractivity contribution in [3.8, 4) is 11.5 Å². The van der Waals surface area contributed by atoms with Gasteiger partial charge in [-0.1, -0.05) is 82.9 Å². The Kier molecular flexibility index (Phi) is 10.8. The van der Waals surface area contributed by atoms with Gasteiger partial charge in [0, 0.05) is 5.56 Å². The Morgan fingerprint density at radius 3 is 1.70 bits per heavy atom. The number of para-hydroxylation sites is 1. The fourth-order valence-electron chi connectivity index (χ4n) is 3.78. The second-order valence-corrected chi connectivity index (χ2v) is 10.9. The number of ether oxygens (including phenoxy) is 1. The average molecular weight is 499 g/mol. The number of rotatable bonds is 15. The van der Waals surface area contributed by atoms with Crippen molar-refractivity contribution in [2.75, 3.05) is 0 Å². The summed E-state index contributed by atoms with van der Waals surface area (Å²) in [6.45, 7) is 2.20. The first kappa shape index (κ1) is 27.3. The minimum absolute atomic E-state index is 0.122. The highest BCUT2D eigenvalue weighted by atomic mass is 32.2. The van der Waals surface area contributed by atoms with E-state index in [1.807, 2.05) is 0 Å². The van der Waals surface area contributed by atoms with Gasteiger partial charge in [-0.2, -0.15) is 16.8 Å². The predicted molar refractivity (Wildman–Crippen MR) is 128 cm³/mol. The third-order valence-electron chi connectivity index (χ3n) is 5.50. The van der Waals surface area contributed by atoms with E-state index in [-0.39, 0.29) is 22.0 Å². The van der Waals surface area contributed by atoms with Crippen molar-refractivity contribution >= 4 is 20.2 Å². The molecule has 184 valence electrons. The Morgan fingerprint density at radius 2 is 1.12 bits per heavy atom. The van der Waals surface area contributed by atoms with Gasteiger partial charge in [-0.3, -0.25) is 9.11 Å². The average Bonchev–Trinajstić information content (AvgIpc) is 2.74. The molecule has 0 atom stereocenters. The van der Waals surface area contributed by atoms with Gasteiger partial charge in [0.25, 0.3) is 20.2 Å². The summed E-state index contributed by atoms with van der Waals surface area (Å²) in [5.41, 5.74) is 0.282. The highest BCUT2D eigenvalue weighted by Crippen LogP contribution is 2.34. The molecule has 0 unspecified atom stereocenters. The van der Waals surface area contributed by atoms with Crippen LogP contribution in [0.1, 0.15) is 76.7 Å². The summed E-state index contributed by atoms with van der Waals surface area (Å²) < 4.78 is 72.1. The van der Waals surface area contributed by atoms with E-state index in [1.54, 1.807) is 6.07 Å². The Balaban J connectivity index is 2.08. The quantitative estimate of drug-likeness (QED) is 0.214. The fourth-order valence-corrected chi connectivity index (χ4v) is 5.16. The van der Waals surface area contributed by atoms with Crippen LogP contribution in [0, 0.1) is 0 Å². The smallest absolute Gasteiger partial charge is 0.298 e. The van der Waals surface area contributed by atoms with Gasteiger partial charge >= 0.3 is 0 Å². The number of benzene rings is 2. The molecule has 7 nitrogen and oxygen atoms in total. The van der Waals surface area contributed by atoms with Crippen molar-refractivity contribution in [1.82, 2.24) is 0 Å². The minimum atomic E-state index is -4.54. The molecule has 0 heterocycles. The Hall–Kier alpha value is -1.94. The van der Waals surface area contributed by atoms with Crippen LogP contribution in [0.2, 0.25) is 0 Å². The van der Waals surface area contributed by atoms with Crippen molar-refractivity contribution in [3.63, 3.8) is 0 Å². The third kappa shape index (κ3) is 9.08. The Labute approximate surface area is 197 Å². The SMILES string of the molecule is CCCCCCCCCCCCc1c(Oc2ccccc2S(=O)(=O)O)cccc1S(=O)(=O)O. The molecule has 0 saturated carbocycles. The van der Waals surface area contributed by atoms with Crippen LogP contribution in [0.4, 0.5) is 0 Å². The Morgan fingerprint density at radius 1 is 0.636 bits per heavy atom. The maximum atomic E-state index is 11.9. The standard InChI is InChI=1S/C24H34O7S2/c1-2-3-4-5-6-7-8-9-10-11-15-20-21(17-14-19-23(20)32(25,26)27)31-22-16-12-13-18-24(22)33(28,29)30/h12-14,16-19H,2-11,15H2,1H3,(H,25,26,27)(H,28,29,30). The zero-order valence-corrected chi connectivity index (χ0v) is 20.7. The molecule has 0 aromatic heterocycles. The molecule has 33 heavy (non-hydrogen) atoms. The van der Waals surface area contributed by atoms with E-state index in [9.17, 15) is 25.9 Å². The second-order valence-electron chi connectivity index (χ2n) is 8.16. The summed E-state index contributed by atoms with van der Waals surface area (Å²) in [5, 5.41) is 0. The van der Waals surface area contributed by atoms with E-state index < -0.39 is 25.1 Å². The van der Waals surface area contributed by atoms with E-state index in [1.165, 1.54) is 74.9 Å². The van der Waals surface area contributed by atoms with Gasteiger partial charge in [0.2, 0.25) is 0 Å². The normalized spacial score (nSPS) is 12.1. The second kappa shape index (κ2) is 13.1. The van der Waals surface area contributed by atoms with Crippen molar-refractivity contribution < 1.29 is 30.7 Å². The van der Waals surface area contributed by atoms with Gasteiger partial charge in [0.15, 0.2) is 0 Å². The number of hydrogen-bond acceptors (Lipinski definition) is 5. The van der Waals surface area contributed by atoms with E-state index in [0.29, 0.717) is 12.8 Å². The van der Waals surface area contributed by atoms with Crippen molar-refractivity contribution in [1.29, 1.82) is 0 Å². The zero-order chi connectivity index (χ0) is 24.3. The molecule has 0 saturated heterocycles. The molecular weight excluding hydrogens is 464 g/mol. The molecule has 0 aliphatic carbocycles. The highest BCUT2D eigenvalue weighted by Gasteiger charge is 2.22. The third-order valence-corrected chi connectivity index (χ3v) is 7.33. The lowest BCUT2D eigenvalue weighted by Crippen LogP contribution is -2.06. The molecule has 2 N–H and O–H groups in total. The Bertz CT molecular complexity index is 1090. The summed E-state index contributed by atoms with van der Waals surface area (Å²) in [6, 6.07) is 9.76. The van der Waals surface area contributed by atoms with E-state index >= 15 is 0 Å². The molecule has 0 aliphatic heterocycles. The van der Waals surface area contributed by atoms with Crippen LogP contribution in [0.3, 0.4) is 0 Å². The molecule has 0 fully saturated rings. The monoisotopic (exact) mass is 498 g/mol. The summed E-state index contributed by atoms with van der Waals surface area (Å²) >= 11 is 0. The molecule has 2 aromatic rings. The molecule has 0 radical (unpaired) electrons. The molecule has 0 spiro atoms. The lowest BCUT2D eigenvalue weighted by atomic mass is 10.0. The van der Waals surface area contributed by atoms with Gasteiger partial charge in [-0.15, -0.1) is 0 Å². The molecule has 0 amide bonds. The first-order valence-corrected chi connectivity index (χ1v) is 14.4. The molecule has 2 rings (SSSR count). The van der Waals surface area contributed by atoms with Gasteiger partial charge in [0.1, 0.15) is 21.3 Å². The molecule has 0 bridgehead atoms. The van der Waals surface area contributed by atoms with Gasteiger partial charge in [0.05, 0.1) is 0 Å². The van der Waals surface area contributed by atoms with Crippen molar-refractivity contribution in [3.05, 3.63) is 48.0 Å². The minimum Gasteiger partial charge on any atom is -0.456 e. The first-order chi connectivity index (χ1) is 15.6. The topological polar surface area (TPSA) is 118 Å². The highest BCUT2D eigenvalue weighted by molar-refractivity contribution is 7.86. The van der Waals surface area contributed by atoms with Crippen LogP contribution >= 0.6 is 0 Å². The molecular formula is C24H34O7S2. The summed E-state index contributed by atoms with van der Waals surface area (Å²) in [4.78, 5) is -0.688. The number of hydrogen-bond donors (Lipinski definition) is 2. The van der Waals surface area contributed by atoms with Crippen LogP contribution in [-0.4, -0.2) is 25.9 Å². The van der Waals surface area contributed by atoms with Gasteiger partial charge in [-0.25, -0.2) is 0 Å². The lowest BCUT2D eigenvalue weighted by Gasteiger charge is -2.15. The van der Waals surface area contributed by atoms with Gasteiger partial charge < -0.3 is 4.74 Å². The van der Waals surface area contributed by atoms with Crippen LogP contribution in [-0.2, 0) is 26.7 Å². The summed E-state index contributed by atoms with van der Waals surface area (Å²) in [7, 11) is -9.03. The van der Waals surface area contributed by atoms with Crippen LogP contribution < -0.4 is 4.74 Å². The van der Waals surface area contributed by atoms with E-state index in [2.05, 4.69) is 6.92 Å². The zero-order valence-electron chi connectivity index (χ0n) is 19.1. The first-order valence-electron chi connectivity index (χ1n) is 11.5. The van der Waals surface area contributed by atoms with E-state index in [0.717, 1.165) is 19.3 Å². The van der Waals surface area contributed by atoms with Crippen LogP contribution in [0.15, 0.2) is 52.3 Å².